The zero-order chi connectivity index (χ0) is 17.7. The second-order valence-corrected chi connectivity index (χ2v) is 7.23. The van der Waals surface area contributed by atoms with Crippen LogP contribution in [0.2, 0.25) is 0 Å². The topological polar surface area (TPSA) is 64.6 Å². The summed E-state index contributed by atoms with van der Waals surface area (Å²) in [7, 11) is 1.37. The van der Waals surface area contributed by atoms with Gasteiger partial charge in [0.15, 0.2) is 0 Å². The molecule has 0 bridgehead atoms. The van der Waals surface area contributed by atoms with Crippen LogP contribution < -0.4 is 5.32 Å². The fourth-order valence-electron chi connectivity index (χ4n) is 2.09. The molecule has 1 N–H and O–H groups in total. The maximum atomic E-state index is 11.8. The molecule has 0 atom stereocenters. The van der Waals surface area contributed by atoms with Crippen molar-refractivity contribution in [1.82, 2.24) is 0 Å². The van der Waals surface area contributed by atoms with Crippen molar-refractivity contribution in [2.24, 2.45) is 0 Å². The van der Waals surface area contributed by atoms with E-state index in [9.17, 15) is 9.59 Å². The molecule has 1 heterocycles. The first-order chi connectivity index (χ1) is 11.3. The highest BCUT2D eigenvalue weighted by Crippen LogP contribution is 2.21. The number of amides is 1. The van der Waals surface area contributed by atoms with Crippen LogP contribution in [-0.2, 0) is 15.9 Å². The van der Waals surface area contributed by atoms with Crippen LogP contribution in [0.4, 0.5) is 10.5 Å². The summed E-state index contributed by atoms with van der Waals surface area (Å²) in [4.78, 5) is 23.9. The van der Waals surface area contributed by atoms with E-state index in [4.69, 9.17) is 9.47 Å². The van der Waals surface area contributed by atoms with E-state index in [1.54, 1.807) is 6.07 Å². The van der Waals surface area contributed by atoms with Gasteiger partial charge in [0, 0.05) is 5.69 Å². The minimum atomic E-state index is -0.539. The Hall–Kier alpha value is -2.34. The summed E-state index contributed by atoms with van der Waals surface area (Å²) in [5, 5.41) is 4.66. The third-order valence-electron chi connectivity index (χ3n) is 3.02. The van der Waals surface area contributed by atoms with Crippen LogP contribution in [0, 0.1) is 0 Å². The SMILES string of the molecule is COC(=O)c1cc(Cc2cccc(NC(=O)OC(C)(C)C)c2)cs1. The van der Waals surface area contributed by atoms with Gasteiger partial charge in [0.25, 0.3) is 0 Å². The molecular formula is C18H21NO4S. The predicted molar refractivity (Wildman–Crippen MR) is 94.8 cm³/mol. The van der Waals surface area contributed by atoms with Crippen molar-refractivity contribution in [3.05, 3.63) is 51.7 Å². The summed E-state index contributed by atoms with van der Waals surface area (Å²) in [5.41, 5.74) is 2.18. The summed E-state index contributed by atoms with van der Waals surface area (Å²) < 4.78 is 9.95. The number of methoxy groups -OCH3 is 1. The zero-order valence-corrected chi connectivity index (χ0v) is 15.0. The van der Waals surface area contributed by atoms with Gasteiger partial charge in [-0.1, -0.05) is 12.1 Å². The molecule has 0 spiro atoms. The van der Waals surface area contributed by atoms with Crippen molar-refractivity contribution in [3.63, 3.8) is 0 Å². The largest absolute Gasteiger partial charge is 0.465 e. The number of carbonyl (C=O) groups is 2. The first-order valence-corrected chi connectivity index (χ1v) is 8.39. The molecule has 2 aromatic rings. The van der Waals surface area contributed by atoms with Gasteiger partial charge in [0.05, 0.1) is 7.11 Å². The highest BCUT2D eigenvalue weighted by molar-refractivity contribution is 7.12. The molecule has 0 saturated carbocycles. The van der Waals surface area contributed by atoms with Crippen molar-refractivity contribution in [2.75, 3.05) is 12.4 Å². The quantitative estimate of drug-likeness (QED) is 0.829. The number of carbonyl (C=O) groups excluding carboxylic acids is 2. The van der Waals surface area contributed by atoms with Crippen molar-refractivity contribution in [3.8, 4) is 0 Å². The van der Waals surface area contributed by atoms with Crippen LogP contribution in [0.15, 0.2) is 35.7 Å². The summed E-state index contributed by atoms with van der Waals surface area (Å²) >= 11 is 1.36. The van der Waals surface area contributed by atoms with Crippen LogP contribution >= 0.6 is 11.3 Å². The Balaban J connectivity index is 2.03. The Morgan fingerprint density at radius 2 is 1.92 bits per heavy atom. The first kappa shape index (κ1) is 18.0. The van der Waals surface area contributed by atoms with Gasteiger partial charge in [-0.15, -0.1) is 11.3 Å². The monoisotopic (exact) mass is 347 g/mol. The lowest BCUT2D eigenvalue weighted by Gasteiger charge is -2.19. The third-order valence-corrected chi connectivity index (χ3v) is 3.98. The fourth-order valence-corrected chi connectivity index (χ4v) is 2.92. The average Bonchev–Trinajstić information content (AvgIpc) is 2.93. The molecule has 0 unspecified atom stereocenters. The molecule has 24 heavy (non-hydrogen) atoms. The molecule has 0 aliphatic carbocycles. The number of hydrogen-bond acceptors (Lipinski definition) is 5. The number of anilines is 1. The maximum Gasteiger partial charge on any atom is 0.412 e. The molecule has 1 aromatic heterocycles. The van der Waals surface area contributed by atoms with E-state index in [0.29, 0.717) is 17.0 Å². The van der Waals surface area contributed by atoms with Crippen molar-refractivity contribution in [2.45, 2.75) is 32.8 Å². The second-order valence-electron chi connectivity index (χ2n) is 6.31. The van der Waals surface area contributed by atoms with Gasteiger partial charge in [-0.25, -0.2) is 9.59 Å². The number of hydrogen-bond donors (Lipinski definition) is 1. The van der Waals surface area contributed by atoms with Crippen molar-refractivity contribution >= 4 is 29.1 Å². The van der Waals surface area contributed by atoms with Crippen molar-refractivity contribution in [1.29, 1.82) is 0 Å². The van der Waals surface area contributed by atoms with Crippen LogP contribution in [0.3, 0.4) is 0 Å². The van der Waals surface area contributed by atoms with E-state index in [-0.39, 0.29) is 5.97 Å². The maximum absolute atomic E-state index is 11.8. The molecule has 5 nitrogen and oxygen atoms in total. The number of rotatable bonds is 4. The number of esters is 1. The number of thiophene rings is 1. The van der Waals surface area contributed by atoms with Gasteiger partial charge >= 0.3 is 12.1 Å². The normalized spacial score (nSPS) is 11.0. The third kappa shape index (κ3) is 5.38. The van der Waals surface area contributed by atoms with Crippen LogP contribution in [-0.4, -0.2) is 24.8 Å². The van der Waals surface area contributed by atoms with E-state index >= 15 is 0 Å². The highest BCUT2D eigenvalue weighted by Gasteiger charge is 2.16. The Morgan fingerprint density at radius 3 is 2.58 bits per heavy atom. The second kappa shape index (κ2) is 7.49. The molecule has 0 aliphatic rings. The Labute approximate surface area is 145 Å². The standard InChI is InChI=1S/C18H21NO4S/c1-18(2,3)23-17(21)19-14-7-5-6-12(9-14)8-13-10-15(24-11-13)16(20)22-4/h5-7,9-11H,8H2,1-4H3,(H,19,21). The lowest BCUT2D eigenvalue weighted by molar-refractivity contribution is 0.0603. The smallest absolute Gasteiger partial charge is 0.412 e. The lowest BCUT2D eigenvalue weighted by atomic mass is 10.1. The van der Waals surface area contributed by atoms with Crippen LogP contribution in [0.25, 0.3) is 0 Å². The highest BCUT2D eigenvalue weighted by atomic mass is 32.1. The van der Waals surface area contributed by atoms with E-state index in [1.165, 1.54) is 18.4 Å². The molecule has 0 saturated heterocycles. The molecule has 0 aliphatic heterocycles. The summed E-state index contributed by atoms with van der Waals surface area (Å²) in [6, 6.07) is 9.36. The number of nitrogens with one attached hydrogen (secondary N) is 1. The fraction of sp³-hybridized carbons (Fsp3) is 0.333. The van der Waals surface area contributed by atoms with Gasteiger partial charge < -0.3 is 9.47 Å². The van der Waals surface area contributed by atoms with E-state index < -0.39 is 11.7 Å². The minimum absolute atomic E-state index is 0.327. The van der Waals surface area contributed by atoms with E-state index in [1.807, 2.05) is 50.4 Å². The number of ether oxygens (including phenoxy) is 2. The van der Waals surface area contributed by atoms with Crippen molar-refractivity contribution < 1.29 is 19.1 Å². The summed E-state index contributed by atoms with van der Waals surface area (Å²) in [5.74, 6) is -0.327. The Bertz CT molecular complexity index is 731. The molecule has 6 heteroatoms. The summed E-state index contributed by atoms with van der Waals surface area (Å²) in [6.07, 6.45) is 0.181. The Morgan fingerprint density at radius 1 is 1.17 bits per heavy atom. The van der Waals surface area contributed by atoms with Gasteiger partial charge in [-0.2, -0.15) is 0 Å². The molecule has 1 amide bonds. The van der Waals surface area contributed by atoms with E-state index in [2.05, 4.69) is 5.32 Å². The molecule has 0 fully saturated rings. The zero-order valence-electron chi connectivity index (χ0n) is 14.2. The van der Waals surface area contributed by atoms with Gasteiger partial charge in [-0.3, -0.25) is 5.32 Å². The molecule has 0 radical (unpaired) electrons. The molecule has 1 aromatic carbocycles. The average molecular weight is 347 g/mol. The van der Waals surface area contributed by atoms with Gasteiger partial charge in [-0.05, 0) is 61.9 Å². The lowest BCUT2D eigenvalue weighted by Crippen LogP contribution is -2.27. The summed E-state index contributed by atoms with van der Waals surface area (Å²) in [6.45, 7) is 5.45. The van der Waals surface area contributed by atoms with Gasteiger partial charge in [0.1, 0.15) is 10.5 Å². The van der Waals surface area contributed by atoms with Crippen LogP contribution in [0.1, 0.15) is 41.6 Å². The molecular weight excluding hydrogens is 326 g/mol. The van der Waals surface area contributed by atoms with E-state index in [0.717, 1.165) is 11.1 Å². The molecule has 128 valence electrons. The van der Waals surface area contributed by atoms with Crippen LogP contribution in [0.5, 0.6) is 0 Å². The predicted octanol–water partition coefficient (Wildman–Crippen LogP) is 4.47. The molecule has 2 rings (SSSR count). The first-order valence-electron chi connectivity index (χ1n) is 7.51. The minimum Gasteiger partial charge on any atom is -0.465 e. The number of benzene rings is 1. The Kier molecular flexibility index (Phi) is 5.62. The van der Waals surface area contributed by atoms with Gasteiger partial charge in [0.2, 0.25) is 0 Å².